The van der Waals surface area contributed by atoms with Crippen LogP contribution >= 0.6 is 11.8 Å². The van der Waals surface area contributed by atoms with Crippen molar-refractivity contribution in [1.82, 2.24) is 5.32 Å². The van der Waals surface area contributed by atoms with Gasteiger partial charge in [0.2, 0.25) is 0 Å². The molecule has 0 radical (unpaired) electrons. The fourth-order valence-corrected chi connectivity index (χ4v) is 2.51. The van der Waals surface area contributed by atoms with Gasteiger partial charge in [0, 0.05) is 12.3 Å². The first-order valence-electron chi connectivity index (χ1n) is 5.54. The van der Waals surface area contributed by atoms with Gasteiger partial charge in [-0.1, -0.05) is 26.2 Å². The molecule has 2 unspecified atom stereocenters. The van der Waals surface area contributed by atoms with Gasteiger partial charge in [0.15, 0.2) is 0 Å². The van der Waals surface area contributed by atoms with Crippen LogP contribution in [-0.4, -0.2) is 25.1 Å². The molecule has 1 N–H and O–H groups in total. The molecule has 1 saturated carbocycles. The number of thioether (sulfide) groups is 1. The van der Waals surface area contributed by atoms with Gasteiger partial charge < -0.3 is 5.32 Å². The van der Waals surface area contributed by atoms with Crippen molar-refractivity contribution in [2.45, 2.75) is 32.6 Å². The van der Waals surface area contributed by atoms with Crippen molar-refractivity contribution in [3.05, 3.63) is 0 Å². The minimum atomic E-state index is 0.954. The lowest BCUT2D eigenvalue weighted by Gasteiger charge is -2.28. The SMILES string of the molecule is CSCCNCC1CCCCC1C. The topological polar surface area (TPSA) is 12.0 Å². The van der Waals surface area contributed by atoms with E-state index in [-0.39, 0.29) is 0 Å². The largest absolute Gasteiger partial charge is 0.316 e. The third-order valence-electron chi connectivity index (χ3n) is 3.18. The Bertz CT molecular complexity index is 127. The maximum atomic E-state index is 3.57. The second-order valence-corrected chi connectivity index (χ2v) is 5.20. The van der Waals surface area contributed by atoms with Crippen LogP contribution in [0.2, 0.25) is 0 Å². The van der Waals surface area contributed by atoms with Crippen LogP contribution in [0, 0.1) is 11.8 Å². The lowest BCUT2D eigenvalue weighted by Crippen LogP contribution is -2.30. The number of hydrogen-bond donors (Lipinski definition) is 1. The minimum absolute atomic E-state index is 0.954. The molecule has 1 fully saturated rings. The molecule has 0 heterocycles. The molecule has 78 valence electrons. The fraction of sp³-hybridized carbons (Fsp3) is 1.00. The molecule has 1 aliphatic carbocycles. The summed E-state index contributed by atoms with van der Waals surface area (Å²) < 4.78 is 0. The predicted molar refractivity (Wildman–Crippen MR) is 62.4 cm³/mol. The maximum Gasteiger partial charge on any atom is 0.00553 e. The number of hydrogen-bond acceptors (Lipinski definition) is 2. The second kappa shape index (κ2) is 6.72. The average molecular weight is 201 g/mol. The Hall–Kier alpha value is 0.310. The summed E-state index contributed by atoms with van der Waals surface area (Å²) in [6, 6.07) is 0. The quantitative estimate of drug-likeness (QED) is 0.687. The molecule has 1 rings (SSSR count). The van der Waals surface area contributed by atoms with Crippen molar-refractivity contribution >= 4 is 11.8 Å². The van der Waals surface area contributed by atoms with Crippen LogP contribution in [0.1, 0.15) is 32.6 Å². The second-order valence-electron chi connectivity index (χ2n) is 4.22. The van der Waals surface area contributed by atoms with E-state index in [2.05, 4.69) is 18.5 Å². The maximum absolute atomic E-state index is 3.57. The zero-order valence-corrected chi connectivity index (χ0v) is 9.83. The summed E-state index contributed by atoms with van der Waals surface area (Å²) in [5.41, 5.74) is 0. The third kappa shape index (κ3) is 4.37. The molecule has 0 amide bonds. The Balaban J connectivity index is 2.05. The predicted octanol–water partition coefficient (Wildman–Crippen LogP) is 2.77. The highest BCUT2D eigenvalue weighted by Gasteiger charge is 2.20. The standard InChI is InChI=1S/C11H23NS/c1-10-5-3-4-6-11(10)9-12-7-8-13-2/h10-12H,3-9H2,1-2H3. The molecule has 0 aromatic rings. The zero-order chi connectivity index (χ0) is 9.52. The van der Waals surface area contributed by atoms with E-state index < -0.39 is 0 Å². The Labute approximate surface area is 87.1 Å². The Morgan fingerprint density at radius 1 is 1.31 bits per heavy atom. The molecule has 0 spiro atoms. The molecular weight excluding hydrogens is 178 g/mol. The van der Waals surface area contributed by atoms with Crippen molar-refractivity contribution in [3.63, 3.8) is 0 Å². The Morgan fingerprint density at radius 2 is 2.08 bits per heavy atom. The van der Waals surface area contributed by atoms with Crippen molar-refractivity contribution < 1.29 is 0 Å². The van der Waals surface area contributed by atoms with Gasteiger partial charge in [-0.3, -0.25) is 0 Å². The summed E-state index contributed by atoms with van der Waals surface area (Å²) in [6.07, 6.45) is 7.99. The first-order chi connectivity index (χ1) is 6.34. The molecule has 0 aromatic carbocycles. The van der Waals surface area contributed by atoms with Crippen molar-refractivity contribution in [2.24, 2.45) is 11.8 Å². The number of rotatable bonds is 5. The highest BCUT2D eigenvalue weighted by atomic mass is 32.2. The smallest absolute Gasteiger partial charge is 0.00553 e. The fourth-order valence-electron chi connectivity index (χ4n) is 2.16. The number of nitrogens with one attached hydrogen (secondary N) is 1. The van der Waals surface area contributed by atoms with E-state index in [4.69, 9.17) is 0 Å². The van der Waals surface area contributed by atoms with Crippen LogP contribution in [0.4, 0.5) is 0 Å². The van der Waals surface area contributed by atoms with Gasteiger partial charge in [-0.25, -0.2) is 0 Å². The molecule has 0 bridgehead atoms. The summed E-state index contributed by atoms with van der Waals surface area (Å²) in [4.78, 5) is 0. The van der Waals surface area contributed by atoms with Gasteiger partial charge >= 0.3 is 0 Å². The zero-order valence-electron chi connectivity index (χ0n) is 9.01. The van der Waals surface area contributed by atoms with Crippen LogP contribution in [0.25, 0.3) is 0 Å². The Morgan fingerprint density at radius 3 is 2.77 bits per heavy atom. The lowest BCUT2D eigenvalue weighted by molar-refractivity contribution is 0.249. The summed E-state index contributed by atoms with van der Waals surface area (Å²) in [5, 5.41) is 3.57. The highest BCUT2D eigenvalue weighted by Crippen LogP contribution is 2.28. The highest BCUT2D eigenvalue weighted by molar-refractivity contribution is 7.98. The van der Waals surface area contributed by atoms with Crippen LogP contribution in [0.5, 0.6) is 0 Å². The van der Waals surface area contributed by atoms with E-state index in [0.29, 0.717) is 0 Å². The molecule has 2 atom stereocenters. The van der Waals surface area contributed by atoms with E-state index in [9.17, 15) is 0 Å². The van der Waals surface area contributed by atoms with Gasteiger partial charge in [-0.05, 0) is 31.1 Å². The summed E-state index contributed by atoms with van der Waals surface area (Å²) in [5.74, 6) is 3.16. The molecule has 1 aliphatic rings. The van der Waals surface area contributed by atoms with Crippen molar-refractivity contribution in [2.75, 3.05) is 25.1 Å². The van der Waals surface area contributed by atoms with Gasteiger partial charge in [-0.15, -0.1) is 0 Å². The van der Waals surface area contributed by atoms with E-state index in [1.54, 1.807) is 0 Å². The van der Waals surface area contributed by atoms with Crippen LogP contribution in [0.15, 0.2) is 0 Å². The van der Waals surface area contributed by atoms with Gasteiger partial charge in [0.1, 0.15) is 0 Å². The lowest BCUT2D eigenvalue weighted by atomic mass is 9.80. The van der Waals surface area contributed by atoms with Crippen LogP contribution < -0.4 is 5.32 Å². The van der Waals surface area contributed by atoms with Crippen LogP contribution in [0.3, 0.4) is 0 Å². The monoisotopic (exact) mass is 201 g/mol. The molecule has 0 saturated heterocycles. The van der Waals surface area contributed by atoms with E-state index >= 15 is 0 Å². The van der Waals surface area contributed by atoms with Gasteiger partial charge in [-0.2, -0.15) is 11.8 Å². The third-order valence-corrected chi connectivity index (χ3v) is 3.79. The normalized spacial score (nSPS) is 29.1. The van der Waals surface area contributed by atoms with E-state index in [1.165, 1.54) is 44.5 Å². The molecule has 1 nitrogen and oxygen atoms in total. The molecule has 0 aliphatic heterocycles. The average Bonchev–Trinajstić information content (AvgIpc) is 2.15. The van der Waals surface area contributed by atoms with Gasteiger partial charge in [0.25, 0.3) is 0 Å². The summed E-state index contributed by atoms with van der Waals surface area (Å²) in [6.45, 7) is 4.85. The van der Waals surface area contributed by atoms with Crippen molar-refractivity contribution in [1.29, 1.82) is 0 Å². The Kier molecular flexibility index (Phi) is 5.88. The molecule has 13 heavy (non-hydrogen) atoms. The first kappa shape index (κ1) is 11.4. The minimum Gasteiger partial charge on any atom is -0.316 e. The van der Waals surface area contributed by atoms with E-state index in [1.807, 2.05) is 11.8 Å². The van der Waals surface area contributed by atoms with Crippen LogP contribution in [-0.2, 0) is 0 Å². The van der Waals surface area contributed by atoms with E-state index in [0.717, 1.165) is 11.8 Å². The molecule has 0 aromatic heterocycles. The van der Waals surface area contributed by atoms with Crippen molar-refractivity contribution in [3.8, 4) is 0 Å². The van der Waals surface area contributed by atoms with Gasteiger partial charge in [0.05, 0.1) is 0 Å². The first-order valence-corrected chi connectivity index (χ1v) is 6.93. The summed E-state index contributed by atoms with van der Waals surface area (Å²) in [7, 11) is 0. The molecular formula is C11H23NS. The summed E-state index contributed by atoms with van der Waals surface area (Å²) >= 11 is 1.93. The molecule has 2 heteroatoms.